The van der Waals surface area contributed by atoms with Gasteiger partial charge in [-0.25, -0.2) is 22.1 Å². The maximum absolute atomic E-state index is 13.8. The fourth-order valence-electron chi connectivity index (χ4n) is 3.49. The molecular weight excluding hydrogens is 529 g/mol. The van der Waals surface area contributed by atoms with Gasteiger partial charge in [0.2, 0.25) is 0 Å². The zero-order valence-electron chi connectivity index (χ0n) is 19.4. The smallest absolute Gasteiger partial charge is 0.545 e. The van der Waals surface area contributed by atoms with Crippen LogP contribution in [-0.4, -0.2) is 30.1 Å². The van der Waals surface area contributed by atoms with Crippen LogP contribution < -0.4 is 43.7 Å². The number of aromatic nitrogens is 2. The van der Waals surface area contributed by atoms with E-state index in [2.05, 4.69) is 9.72 Å². The first-order chi connectivity index (χ1) is 16.8. The van der Waals surface area contributed by atoms with Crippen molar-refractivity contribution in [2.45, 2.75) is 24.7 Å². The van der Waals surface area contributed by atoms with E-state index < -0.39 is 33.9 Å². The van der Waals surface area contributed by atoms with Crippen LogP contribution in [0.1, 0.15) is 21.6 Å². The van der Waals surface area contributed by atoms with Gasteiger partial charge in [-0.15, -0.1) is 13.2 Å². The molecule has 0 aliphatic heterocycles. The van der Waals surface area contributed by atoms with Crippen molar-refractivity contribution in [3.05, 3.63) is 89.5 Å². The van der Waals surface area contributed by atoms with Crippen molar-refractivity contribution < 1.29 is 70.2 Å². The second kappa shape index (κ2) is 10.7. The number of anilines is 1. The minimum atomic E-state index is -4.89. The van der Waals surface area contributed by atoms with Gasteiger partial charge < -0.3 is 14.6 Å². The van der Waals surface area contributed by atoms with Crippen molar-refractivity contribution in [1.82, 2.24) is 9.38 Å². The number of sulfonamides is 1. The number of hydrogen-bond donors (Lipinski definition) is 0. The number of pyridine rings is 1. The average Bonchev–Trinajstić information content (AvgIpc) is 3.12. The molecule has 4 aromatic rings. The summed E-state index contributed by atoms with van der Waals surface area (Å²) in [4.78, 5) is 15.1. The zero-order valence-corrected chi connectivity index (χ0v) is 22.2. The first kappa shape index (κ1) is 28.4. The Morgan fingerprint density at radius 1 is 1.05 bits per heavy atom. The van der Waals surface area contributed by atoms with Crippen molar-refractivity contribution in [2.75, 3.05) is 4.31 Å². The number of carboxylic acids is 1. The van der Waals surface area contributed by atoms with E-state index >= 15 is 0 Å². The standard InChI is InChI=1S/C23H17F4N3O5S.Na/c1-14-21(28-20-11-6-17(24)13-29(14)20)30(12-15-2-7-18(8-3-15)35-23(25,26)27)36(33,34)19-9-4-16(5-10-19)22(31)32;/h2-11,13H,12H2,1H3,(H,31,32);/q;+1/p-1. The summed E-state index contributed by atoms with van der Waals surface area (Å²) in [5, 5.41) is 11.0. The number of benzene rings is 2. The van der Waals surface area contributed by atoms with Gasteiger partial charge in [0.15, 0.2) is 5.82 Å². The Kier molecular flexibility index (Phi) is 8.22. The summed E-state index contributed by atoms with van der Waals surface area (Å²) in [5.41, 5.74) is 0.587. The van der Waals surface area contributed by atoms with E-state index in [1.54, 1.807) is 0 Å². The topological polar surface area (TPSA) is 104 Å². The maximum Gasteiger partial charge on any atom is 1.00 e. The van der Waals surface area contributed by atoms with Gasteiger partial charge in [-0.1, -0.05) is 24.3 Å². The largest absolute Gasteiger partial charge is 1.00 e. The number of fused-ring (bicyclic) bond motifs is 1. The fourth-order valence-corrected chi connectivity index (χ4v) is 4.94. The molecule has 2 aromatic heterocycles. The second-order valence-corrected chi connectivity index (χ2v) is 9.47. The maximum atomic E-state index is 13.8. The van der Waals surface area contributed by atoms with E-state index in [-0.39, 0.29) is 63.7 Å². The quantitative estimate of drug-likeness (QED) is 0.247. The molecule has 0 bridgehead atoms. The monoisotopic (exact) mass is 545 g/mol. The number of imidazole rings is 1. The van der Waals surface area contributed by atoms with Gasteiger partial charge in [0.05, 0.1) is 23.1 Å². The number of aromatic carboxylic acids is 1. The number of rotatable bonds is 7. The summed E-state index contributed by atoms with van der Waals surface area (Å²) in [5.74, 6) is -2.62. The van der Waals surface area contributed by atoms with Gasteiger partial charge in [0, 0.05) is 6.20 Å². The van der Waals surface area contributed by atoms with Crippen LogP contribution in [0.2, 0.25) is 0 Å². The third-order valence-electron chi connectivity index (χ3n) is 5.19. The molecule has 0 spiro atoms. The molecule has 2 heterocycles. The van der Waals surface area contributed by atoms with E-state index in [1.165, 1.54) is 29.5 Å². The van der Waals surface area contributed by atoms with Crippen LogP contribution in [-0.2, 0) is 16.6 Å². The number of ether oxygens (including phenoxy) is 1. The first-order valence-electron chi connectivity index (χ1n) is 10.2. The van der Waals surface area contributed by atoms with Gasteiger partial charge >= 0.3 is 35.9 Å². The normalized spacial score (nSPS) is 11.7. The van der Waals surface area contributed by atoms with Crippen molar-refractivity contribution >= 4 is 27.5 Å². The van der Waals surface area contributed by atoms with Gasteiger partial charge in [-0.2, -0.15) is 0 Å². The molecule has 0 aliphatic carbocycles. The van der Waals surface area contributed by atoms with Crippen molar-refractivity contribution in [3.8, 4) is 5.75 Å². The summed E-state index contributed by atoms with van der Waals surface area (Å²) in [6.07, 6.45) is -3.76. The second-order valence-electron chi connectivity index (χ2n) is 7.61. The summed E-state index contributed by atoms with van der Waals surface area (Å²) in [6, 6.07) is 11.4. The molecule has 0 aliphatic rings. The number of hydrogen-bond acceptors (Lipinski definition) is 6. The minimum absolute atomic E-state index is 0. The molecule has 0 unspecified atom stereocenters. The van der Waals surface area contributed by atoms with E-state index in [0.717, 1.165) is 53.0 Å². The molecule has 2 aromatic carbocycles. The Morgan fingerprint density at radius 2 is 1.68 bits per heavy atom. The Morgan fingerprint density at radius 3 is 2.24 bits per heavy atom. The Labute approximate surface area is 230 Å². The van der Waals surface area contributed by atoms with Crippen LogP contribution >= 0.6 is 0 Å². The predicted octanol–water partition coefficient (Wildman–Crippen LogP) is 0.443. The molecule has 0 fully saturated rings. The molecule has 0 amide bonds. The van der Waals surface area contributed by atoms with Gasteiger partial charge in [-0.05, 0) is 54.4 Å². The Bertz CT molecular complexity index is 1540. The molecule has 8 nitrogen and oxygen atoms in total. The van der Waals surface area contributed by atoms with Crippen molar-refractivity contribution in [1.29, 1.82) is 0 Å². The molecule has 4 rings (SSSR count). The number of alkyl halides is 3. The molecule has 0 N–H and O–H groups in total. The van der Waals surface area contributed by atoms with E-state index in [0.29, 0.717) is 5.56 Å². The van der Waals surface area contributed by atoms with Crippen molar-refractivity contribution in [3.63, 3.8) is 0 Å². The van der Waals surface area contributed by atoms with Crippen molar-refractivity contribution in [2.24, 2.45) is 0 Å². The molecule has 37 heavy (non-hydrogen) atoms. The molecule has 0 atom stereocenters. The third-order valence-corrected chi connectivity index (χ3v) is 6.94. The van der Waals surface area contributed by atoms with Crippen LogP contribution in [0.25, 0.3) is 5.65 Å². The number of nitrogens with zero attached hydrogens (tertiary/aromatic N) is 3. The van der Waals surface area contributed by atoms with Gasteiger partial charge in [0.25, 0.3) is 10.0 Å². The third kappa shape index (κ3) is 6.24. The molecule has 188 valence electrons. The average molecular weight is 545 g/mol. The van der Waals surface area contributed by atoms with Crippen LogP contribution in [0.4, 0.5) is 23.4 Å². The summed E-state index contributed by atoms with van der Waals surface area (Å²) >= 11 is 0. The SMILES string of the molecule is Cc1c(N(Cc2ccc(OC(F)(F)F)cc2)S(=O)(=O)c2ccc(C(=O)[O-])cc2)nc2ccc(F)cn12.[Na+]. The van der Waals surface area contributed by atoms with Crippen LogP contribution in [0.3, 0.4) is 0 Å². The van der Waals surface area contributed by atoms with E-state index in [1.807, 2.05) is 0 Å². The van der Waals surface area contributed by atoms with Gasteiger partial charge in [0.1, 0.15) is 17.2 Å². The molecule has 14 heteroatoms. The van der Waals surface area contributed by atoms with Crippen LogP contribution in [0.15, 0.2) is 71.8 Å². The van der Waals surface area contributed by atoms with E-state index in [9.17, 15) is 35.9 Å². The number of carbonyl (C=O) groups is 1. The molecular formula is C23H16F4N3NaO5S. The number of aryl methyl sites for hydroxylation is 1. The zero-order chi connectivity index (χ0) is 26.3. The summed E-state index contributed by atoms with van der Waals surface area (Å²) in [6.45, 7) is 1.17. The summed E-state index contributed by atoms with van der Waals surface area (Å²) in [7, 11) is -4.37. The summed E-state index contributed by atoms with van der Waals surface area (Å²) < 4.78 is 84.6. The van der Waals surface area contributed by atoms with Gasteiger partial charge in [-0.3, -0.25) is 4.40 Å². The molecule has 0 saturated heterocycles. The number of carboxylic acid groups (broad SMARTS) is 1. The fraction of sp³-hybridized carbons (Fsp3) is 0.130. The Balaban J connectivity index is 0.00000380. The van der Waals surface area contributed by atoms with Crippen LogP contribution in [0.5, 0.6) is 5.75 Å². The molecule has 0 radical (unpaired) electrons. The number of halogens is 4. The predicted molar refractivity (Wildman–Crippen MR) is 117 cm³/mol. The van der Waals surface area contributed by atoms with Crippen LogP contribution in [0, 0.1) is 12.7 Å². The first-order valence-corrected chi connectivity index (χ1v) is 11.6. The number of carbonyl (C=O) groups excluding carboxylic acids is 1. The Hall–Kier alpha value is -3.13. The minimum Gasteiger partial charge on any atom is -0.545 e. The van der Waals surface area contributed by atoms with E-state index in [4.69, 9.17) is 0 Å². The molecule has 0 saturated carbocycles.